The van der Waals surface area contributed by atoms with Gasteiger partial charge in [0.15, 0.2) is 0 Å². The Hall–Kier alpha value is -0.870. The number of likely N-dealkylation sites (N-methyl/N-ethyl adjacent to an activating group) is 1. The maximum atomic E-state index is 9.05. The van der Waals surface area contributed by atoms with Gasteiger partial charge in [0.25, 0.3) is 0 Å². The maximum absolute atomic E-state index is 9.05. The summed E-state index contributed by atoms with van der Waals surface area (Å²) in [5, 5.41) is 16.5. The van der Waals surface area contributed by atoms with E-state index in [9.17, 15) is 0 Å². The van der Waals surface area contributed by atoms with Crippen LogP contribution in [0.15, 0.2) is 12.4 Å². The van der Waals surface area contributed by atoms with Gasteiger partial charge >= 0.3 is 0 Å². The predicted octanol–water partition coefficient (Wildman–Crippen LogP) is 0.552. The van der Waals surface area contributed by atoms with Gasteiger partial charge in [-0.15, -0.1) is 0 Å². The van der Waals surface area contributed by atoms with Gasteiger partial charge in [0.05, 0.1) is 12.8 Å². The van der Waals surface area contributed by atoms with Gasteiger partial charge in [0.2, 0.25) is 0 Å². The summed E-state index contributed by atoms with van der Waals surface area (Å²) in [6, 6.07) is 0.185. The van der Waals surface area contributed by atoms with E-state index in [0.29, 0.717) is 0 Å². The molecule has 1 rings (SSSR count). The third-order valence-corrected chi connectivity index (χ3v) is 2.18. The number of hydrogen-bond acceptors (Lipinski definition) is 3. The van der Waals surface area contributed by atoms with Crippen LogP contribution in [0.2, 0.25) is 0 Å². The Morgan fingerprint density at radius 2 is 2.43 bits per heavy atom. The highest BCUT2D eigenvalue weighted by atomic mass is 16.3. The number of nitrogens with zero attached hydrogens (tertiary/aromatic N) is 2. The number of aromatic nitrogens is 2. The zero-order valence-corrected chi connectivity index (χ0v) is 8.90. The van der Waals surface area contributed by atoms with Crippen molar-refractivity contribution in [2.75, 3.05) is 13.2 Å². The molecule has 0 spiro atoms. The van der Waals surface area contributed by atoms with E-state index in [2.05, 4.69) is 10.4 Å². The van der Waals surface area contributed by atoms with Crippen LogP contribution in [-0.2, 0) is 6.54 Å². The van der Waals surface area contributed by atoms with Gasteiger partial charge in [-0.2, -0.15) is 5.10 Å². The average molecular weight is 197 g/mol. The van der Waals surface area contributed by atoms with Crippen molar-refractivity contribution in [1.29, 1.82) is 0 Å². The van der Waals surface area contributed by atoms with Gasteiger partial charge in [-0.1, -0.05) is 6.92 Å². The van der Waals surface area contributed by atoms with Crippen molar-refractivity contribution >= 4 is 0 Å². The Morgan fingerprint density at radius 1 is 1.64 bits per heavy atom. The van der Waals surface area contributed by atoms with E-state index >= 15 is 0 Å². The lowest BCUT2D eigenvalue weighted by Gasteiger charge is -2.14. The highest BCUT2D eigenvalue weighted by molar-refractivity contribution is 4.99. The zero-order valence-electron chi connectivity index (χ0n) is 8.90. The van der Waals surface area contributed by atoms with Crippen molar-refractivity contribution in [3.8, 4) is 0 Å². The normalized spacial score (nSPS) is 13.1. The van der Waals surface area contributed by atoms with Crippen molar-refractivity contribution < 1.29 is 5.11 Å². The first-order valence-electron chi connectivity index (χ1n) is 5.09. The molecule has 0 aliphatic heterocycles. The third-order valence-electron chi connectivity index (χ3n) is 2.18. The monoisotopic (exact) mass is 197 g/mol. The van der Waals surface area contributed by atoms with E-state index in [1.807, 2.05) is 30.9 Å². The van der Waals surface area contributed by atoms with Crippen LogP contribution in [0.3, 0.4) is 0 Å². The van der Waals surface area contributed by atoms with Crippen LogP contribution in [0.5, 0.6) is 0 Å². The number of aliphatic hydroxyl groups is 1. The molecular weight excluding hydrogens is 178 g/mol. The predicted molar refractivity (Wildman–Crippen MR) is 56.1 cm³/mol. The summed E-state index contributed by atoms with van der Waals surface area (Å²) >= 11 is 0. The van der Waals surface area contributed by atoms with E-state index < -0.39 is 0 Å². The Labute approximate surface area is 84.9 Å². The molecule has 0 saturated carbocycles. The molecule has 4 nitrogen and oxygen atoms in total. The molecule has 0 saturated heterocycles. The fourth-order valence-corrected chi connectivity index (χ4v) is 1.42. The molecule has 1 atom stereocenters. The minimum atomic E-state index is 0.185. The summed E-state index contributed by atoms with van der Waals surface area (Å²) in [6.07, 6.45) is 4.77. The highest BCUT2D eigenvalue weighted by Gasteiger charge is 2.05. The molecule has 0 bridgehead atoms. The second-order valence-electron chi connectivity index (χ2n) is 3.51. The lowest BCUT2D eigenvalue weighted by Crippen LogP contribution is -2.33. The lowest BCUT2D eigenvalue weighted by molar-refractivity contribution is 0.232. The van der Waals surface area contributed by atoms with Crippen LogP contribution in [0, 0.1) is 6.92 Å². The Balaban J connectivity index is 2.31. The summed E-state index contributed by atoms with van der Waals surface area (Å²) in [6.45, 7) is 6.00. The first-order valence-corrected chi connectivity index (χ1v) is 5.09. The summed E-state index contributed by atoms with van der Waals surface area (Å²) in [5.74, 6) is 0. The fraction of sp³-hybridized carbons (Fsp3) is 0.700. The SMILES string of the molecule is CCNC(CO)CCn1cc(C)cn1. The van der Waals surface area contributed by atoms with Crippen LogP contribution in [-0.4, -0.2) is 34.1 Å². The number of aryl methyl sites for hydroxylation is 2. The Morgan fingerprint density at radius 3 is 2.93 bits per heavy atom. The van der Waals surface area contributed by atoms with Gasteiger partial charge in [0, 0.05) is 18.8 Å². The average Bonchev–Trinajstić information content (AvgIpc) is 2.59. The molecule has 80 valence electrons. The minimum Gasteiger partial charge on any atom is -0.395 e. The summed E-state index contributed by atoms with van der Waals surface area (Å²) in [5.41, 5.74) is 1.17. The van der Waals surface area contributed by atoms with Gasteiger partial charge in [-0.25, -0.2) is 0 Å². The molecule has 2 N–H and O–H groups in total. The van der Waals surface area contributed by atoms with Gasteiger partial charge in [-0.3, -0.25) is 4.68 Å². The molecule has 1 unspecified atom stereocenters. The van der Waals surface area contributed by atoms with E-state index in [1.54, 1.807) is 0 Å². The van der Waals surface area contributed by atoms with Crippen LogP contribution >= 0.6 is 0 Å². The van der Waals surface area contributed by atoms with Crippen molar-refractivity contribution in [3.05, 3.63) is 18.0 Å². The zero-order chi connectivity index (χ0) is 10.4. The third kappa shape index (κ3) is 3.47. The van der Waals surface area contributed by atoms with Crippen LogP contribution in [0.25, 0.3) is 0 Å². The standard InChI is InChI=1S/C10H19N3O/c1-3-11-10(8-14)4-5-13-7-9(2)6-12-13/h6-7,10-11,14H,3-5,8H2,1-2H3. The summed E-state index contributed by atoms with van der Waals surface area (Å²) in [7, 11) is 0. The molecule has 0 aliphatic carbocycles. The number of aliphatic hydroxyl groups excluding tert-OH is 1. The molecule has 14 heavy (non-hydrogen) atoms. The van der Waals surface area contributed by atoms with Crippen molar-refractivity contribution in [2.45, 2.75) is 32.9 Å². The first kappa shape index (κ1) is 11.2. The van der Waals surface area contributed by atoms with E-state index in [0.717, 1.165) is 19.5 Å². The molecule has 0 amide bonds. The van der Waals surface area contributed by atoms with Crippen molar-refractivity contribution in [1.82, 2.24) is 15.1 Å². The smallest absolute Gasteiger partial charge is 0.0585 e. The van der Waals surface area contributed by atoms with Crippen molar-refractivity contribution in [3.63, 3.8) is 0 Å². The molecule has 1 aromatic rings. The molecule has 0 radical (unpaired) electrons. The van der Waals surface area contributed by atoms with Crippen LogP contribution in [0.1, 0.15) is 18.9 Å². The largest absolute Gasteiger partial charge is 0.395 e. The minimum absolute atomic E-state index is 0.185. The van der Waals surface area contributed by atoms with E-state index in [-0.39, 0.29) is 12.6 Å². The lowest BCUT2D eigenvalue weighted by atomic mass is 10.2. The van der Waals surface area contributed by atoms with Gasteiger partial charge < -0.3 is 10.4 Å². The molecule has 4 heteroatoms. The topological polar surface area (TPSA) is 50.1 Å². The number of rotatable bonds is 6. The number of nitrogens with one attached hydrogen (secondary N) is 1. The van der Waals surface area contributed by atoms with Crippen molar-refractivity contribution in [2.24, 2.45) is 0 Å². The van der Waals surface area contributed by atoms with Crippen LogP contribution < -0.4 is 5.32 Å². The van der Waals surface area contributed by atoms with E-state index in [1.165, 1.54) is 5.56 Å². The first-order chi connectivity index (χ1) is 6.76. The maximum Gasteiger partial charge on any atom is 0.0585 e. The molecule has 1 heterocycles. The highest BCUT2D eigenvalue weighted by Crippen LogP contribution is 1.98. The summed E-state index contributed by atoms with van der Waals surface area (Å²) in [4.78, 5) is 0. The second kappa shape index (κ2) is 5.78. The molecule has 0 aromatic carbocycles. The second-order valence-corrected chi connectivity index (χ2v) is 3.51. The fourth-order valence-electron chi connectivity index (χ4n) is 1.42. The number of hydrogen-bond donors (Lipinski definition) is 2. The quantitative estimate of drug-likeness (QED) is 0.700. The van der Waals surface area contributed by atoms with Gasteiger partial charge in [-0.05, 0) is 25.5 Å². The van der Waals surface area contributed by atoms with Crippen LogP contribution in [0.4, 0.5) is 0 Å². The Bertz CT molecular complexity index is 260. The molecule has 1 aromatic heterocycles. The Kier molecular flexibility index (Phi) is 4.62. The van der Waals surface area contributed by atoms with Gasteiger partial charge in [0.1, 0.15) is 0 Å². The summed E-state index contributed by atoms with van der Waals surface area (Å²) < 4.78 is 1.91. The molecule has 0 fully saturated rings. The van der Waals surface area contributed by atoms with E-state index in [4.69, 9.17) is 5.11 Å². The molecule has 0 aliphatic rings. The molecular formula is C10H19N3O.